The molecule has 0 aliphatic rings. The number of nitrogens with zero attached hydrogens (tertiary/aromatic N) is 2. The van der Waals surface area contributed by atoms with Gasteiger partial charge in [0, 0.05) is 30.9 Å². The molecule has 6 heteroatoms. The van der Waals surface area contributed by atoms with Crippen LogP contribution in [0.25, 0.3) is 10.9 Å². The molecule has 2 aromatic heterocycles. The van der Waals surface area contributed by atoms with Gasteiger partial charge in [-0.05, 0) is 36.0 Å². The van der Waals surface area contributed by atoms with E-state index in [0.29, 0.717) is 18.7 Å². The minimum absolute atomic E-state index is 0.303. The zero-order valence-electron chi connectivity index (χ0n) is 11.2. The number of pyridine rings is 1. The molecule has 102 valence electrons. The molecule has 2 rings (SSSR count). The molecule has 19 heavy (non-hydrogen) atoms. The Hall–Kier alpha value is -1.40. The lowest BCUT2D eigenvalue weighted by atomic mass is 10.1. The zero-order valence-corrected chi connectivity index (χ0v) is 12.7. The van der Waals surface area contributed by atoms with Gasteiger partial charge < -0.3 is 14.6 Å². The number of fused-ring (bicyclic) bond motifs is 1. The van der Waals surface area contributed by atoms with Gasteiger partial charge in [-0.15, -0.1) is 0 Å². The first kappa shape index (κ1) is 14.0. The molecule has 0 unspecified atom stereocenters. The smallest absolute Gasteiger partial charge is 0.340 e. The van der Waals surface area contributed by atoms with Crippen LogP contribution in [0.2, 0.25) is 0 Å². The Morgan fingerprint density at radius 3 is 2.95 bits per heavy atom. The van der Waals surface area contributed by atoms with Crippen LogP contribution in [-0.2, 0) is 18.3 Å². The molecule has 0 amide bonds. The van der Waals surface area contributed by atoms with Gasteiger partial charge in [-0.1, -0.05) is 0 Å². The quantitative estimate of drug-likeness (QED) is 0.691. The predicted molar refractivity (Wildman–Crippen MR) is 77.1 cm³/mol. The monoisotopic (exact) mass is 325 g/mol. The standard InChI is InChI=1S/C13H16BrN3O2/c1-4-19-13(18)12-8-6-16-11(14)5-9(8)17(3)10(12)7-15-2/h5-6,15H,4,7H2,1-3H3. The van der Waals surface area contributed by atoms with Gasteiger partial charge in [0.15, 0.2) is 0 Å². The molecule has 1 N–H and O–H groups in total. The molecule has 0 saturated carbocycles. The average molecular weight is 326 g/mol. The summed E-state index contributed by atoms with van der Waals surface area (Å²) in [5.41, 5.74) is 2.44. The molecule has 0 radical (unpaired) electrons. The largest absolute Gasteiger partial charge is 0.462 e. The highest BCUT2D eigenvalue weighted by Crippen LogP contribution is 2.27. The number of carbonyl (C=O) groups excluding carboxylic acids is 1. The first-order chi connectivity index (χ1) is 9.10. The highest BCUT2D eigenvalue weighted by Gasteiger charge is 2.22. The van der Waals surface area contributed by atoms with Crippen molar-refractivity contribution in [1.82, 2.24) is 14.9 Å². The second-order valence-corrected chi connectivity index (χ2v) is 4.97. The van der Waals surface area contributed by atoms with Crippen LogP contribution in [0.5, 0.6) is 0 Å². The molecule has 0 spiro atoms. The third-order valence-corrected chi connectivity index (χ3v) is 3.43. The first-order valence-corrected chi connectivity index (χ1v) is 6.84. The van der Waals surface area contributed by atoms with Crippen molar-refractivity contribution in [2.75, 3.05) is 13.7 Å². The summed E-state index contributed by atoms with van der Waals surface area (Å²) in [7, 11) is 3.78. The third kappa shape index (κ3) is 2.50. The molecule has 0 saturated heterocycles. The Morgan fingerprint density at radius 2 is 2.32 bits per heavy atom. The molecule has 0 bridgehead atoms. The lowest BCUT2D eigenvalue weighted by Gasteiger charge is -2.06. The zero-order chi connectivity index (χ0) is 14.0. The Bertz CT molecular complexity index is 622. The summed E-state index contributed by atoms with van der Waals surface area (Å²) in [5, 5.41) is 3.89. The maximum atomic E-state index is 12.1. The summed E-state index contributed by atoms with van der Waals surface area (Å²) in [5.74, 6) is -0.303. The van der Waals surface area contributed by atoms with E-state index in [1.165, 1.54) is 0 Å². The fraction of sp³-hybridized carbons (Fsp3) is 0.385. The molecule has 2 aromatic rings. The van der Waals surface area contributed by atoms with E-state index < -0.39 is 0 Å². The van der Waals surface area contributed by atoms with E-state index in [1.54, 1.807) is 13.1 Å². The van der Waals surface area contributed by atoms with Crippen molar-refractivity contribution in [2.24, 2.45) is 7.05 Å². The number of rotatable bonds is 4. The number of ether oxygens (including phenoxy) is 1. The Morgan fingerprint density at radius 1 is 1.58 bits per heavy atom. The summed E-state index contributed by atoms with van der Waals surface area (Å²) < 4.78 is 7.88. The van der Waals surface area contributed by atoms with Gasteiger partial charge >= 0.3 is 5.97 Å². The minimum atomic E-state index is -0.303. The van der Waals surface area contributed by atoms with Crippen LogP contribution in [0.4, 0.5) is 0 Å². The first-order valence-electron chi connectivity index (χ1n) is 6.04. The number of aromatic nitrogens is 2. The second-order valence-electron chi connectivity index (χ2n) is 4.16. The van der Waals surface area contributed by atoms with E-state index in [0.717, 1.165) is 21.2 Å². The van der Waals surface area contributed by atoms with Crippen molar-refractivity contribution in [3.63, 3.8) is 0 Å². The summed E-state index contributed by atoms with van der Waals surface area (Å²) >= 11 is 3.35. The Kier molecular flexibility index (Phi) is 4.21. The van der Waals surface area contributed by atoms with Gasteiger partial charge in [0.25, 0.3) is 0 Å². The number of hydrogen-bond acceptors (Lipinski definition) is 4. The topological polar surface area (TPSA) is 56.1 Å². The van der Waals surface area contributed by atoms with Crippen LogP contribution in [0, 0.1) is 0 Å². The van der Waals surface area contributed by atoms with E-state index in [9.17, 15) is 4.79 Å². The average Bonchev–Trinajstić information content (AvgIpc) is 2.64. The van der Waals surface area contributed by atoms with E-state index in [2.05, 4.69) is 26.2 Å². The Labute approximate surface area is 120 Å². The lowest BCUT2D eigenvalue weighted by molar-refractivity contribution is 0.0527. The van der Waals surface area contributed by atoms with Crippen molar-refractivity contribution in [1.29, 1.82) is 0 Å². The number of aryl methyl sites for hydroxylation is 1. The van der Waals surface area contributed by atoms with Crippen LogP contribution >= 0.6 is 15.9 Å². The lowest BCUT2D eigenvalue weighted by Crippen LogP contribution is -2.14. The van der Waals surface area contributed by atoms with Crippen LogP contribution < -0.4 is 5.32 Å². The van der Waals surface area contributed by atoms with E-state index in [-0.39, 0.29) is 5.97 Å². The van der Waals surface area contributed by atoms with Crippen LogP contribution in [0.1, 0.15) is 23.0 Å². The van der Waals surface area contributed by atoms with E-state index in [1.807, 2.05) is 24.7 Å². The minimum Gasteiger partial charge on any atom is -0.462 e. The maximum absolute atomic E-state index is 12.1. The molecule has 0 atom stereocenters. The van der Waals surface area contributed by atoms with Crippen LogP contribution in [0.15, 0.2) is 16.9 Å². The van der Waals surface area contributed by atoms with Gasteiger partial charge in [-0.2, -0.15) is 0 Å². The molecule has 0 fully saturated rings. The molecule has 0 aliphatic carbocycles. The van der Waals surface area contributed by atoms with Gasteiger partial charge in [-0.3, -0.25) is 0 Å². The van der Waals surface area contributed by atoms with E-state index in [4.69, 9.17) is 4.74 Å². The van der Waals surface area contributed by atoms with Gasteiger partial charge in [0.1, 0.15) is 4.60 Å². The third-order valence-electron chi connectivity index (χ3n) is 3.00. The number of halogens is 1. The molecular weight excluding hydrogens is 310 g/mol. The fourth-order valence-electron chi connectivity index (χ4n) is 2.16. The summed E-state index contributed by atoms with van der Waals surface area (Å²) in [6.45, 7) is 2.75. The Balaban J connectivity index is 2.70. The molecule has 5 nitrogen and oxygen atoms in total. The van der Waals surface area contributed by atoms with Crippen LogP contribution in [0.3, 0.4) is 0 Å². The van der Waals surface area contributed by atoms with Crippen molar-refractivity contribution in [2.45, 2.75) is 13.5 Å². The van der Waals surface area contributed by atoms with Gasteiger partial charge in [-0.25, -0.2) is 9.78 Å². The number of hydrogen-bond donors (Lipinski definition) is 1. The molecule has 0 aliphatic heterocycles. The van der Waals surface area contributed by atoms with Crippen LogP contribution in [-0.4, -0.2) is 29.2 Å². The maximum Gasteiger partial charge on any atom is 0.340 e. The predicted octanol–water partition coefficient (Wildman–Crippen LogP) is 2.23. The molecule has 0 aromatic carbocycles. The number of carbonyl (C=O) groups is 1. The van der Waals surface area contributed by atoms with E-state index >= 15 is 0 Å². The molecule has 2 heterocycles. The van der Waals surface area contributed by atoms with Crippen molar-refractivity contribution in [3.8, 4) is 0 Å². The summed E-state index contributed by atoms with van der Waals surface area (Å²) in [6, 6.07) is 1.90. The number of nitrogens with one attached hydrogen (secondary N) is 1. The highest BCUT2D eigenvalue weighted by atomic mass is 79.9. The van der Waals surface area contributed by atoms with Crippen molar-refractivity contribution < 1.29 is 9.53 Å². The SMILES string of the molecule is CCOC(=O)c1c(CNC)n(C)c2cc(Br)ncc12. The van der Waals surface area contributed by atoms with Gasteiger partial charge in [0.05, 0.1) is 17.7 Å². The molecular formula is C13H16BrN3O2. The summed E-state index contributed by atoms with van der Waals surface area (Å²) in [6.07, 6.45) is 1.70. The van der Waals surface area contributed by atoms with Crippen molar-refractivity contribution >= 4 is 32.8 Å². The summed E-state index contributed by atoms with van der Waals surface area (Å²) in [4.78, 5) is 16.3. The second kappa shape index (κ2) is 5.71. The van der Waals surface area contributed by atoms with Gasteiger partial charge in [0.2, 0.25) is 0 Å². The highest BCUT2D eigenvalue weighted by molar-refractivity contribution is 9.10. The van der Waals surface area contributed by atoms with Crippen molar-refractivity contribution in [3.05, 3.63) is 28.1 Å². The fourth-order valence-corrected chi connectivity index (χ4v) is 2.48. The number of esters is 1. The normalized spacial score (nSPS) is 10.9.